The first-order chi connectivity index (χ1) is 11.6. The summed E-state index contributed by atoms with van der Waals surface area (Å²) in [6.45, 7) is 4.14. The lowest BCUT2D eigenvalue weighted by molar-refractivity contribution is -0.115. The van der Waals surface area contributed by atoms with E-state index >= 15 is 0 Å². The van der Waals surface area contributed by atoms with Crippen molar-refractivity contribution in [1.29, 1.82) is 0 Å². The number of amides is 2. The van der Waals surface area contributed by atoms with Crippen molar-refractivity contribution < 1.29 is 14.3 Å². The van der Waals surface area contributed by atoms with Gasteiger partial charge in [-0.2, -0.15) is 0 Å². The van der Waals surface area contributed by atoms with Crippen molar-refractivity contribution in [3.8, 4) is 5.75 Å². The van der Waals surface area contributed by atoms with E-state index in [-0.39, 0.29) is 29.6 Å². The van der Waals surface area contributed by atoms with Crippen molar-refractivity contribution in [2.75, 3.05) is 24.6 Å². The number of thioether (sulfide) groups is 1. The minimum absolute atomic E-state index is 0. The molecule has 2 heterocycles. The lowest BCUT2D eigenvalue weighted by atomic mass is 10.0. The second-order valence-corrected chi connectivity index (χ2v) is 6.84. The number of halogens is 1. The number of hydrogen-bond acceptors (Lipinski definition) is 6. The van der Waals surface area contributed by atoms with Crippen LogP contribution < -0.4 is 20.7 Å². The summed E-state index contributed by atoms with van der Waals surface area (Å²) in [5.74, 6) is 0.420. The molecule has 0 bridgehead atoms. The van der Waals surface area contributed by atoms with E-state index in [1.54, 1.807) is 6.08 Å². The molecule has 0 saturated carbocycles. The van der Waals surface area contributed by atoms with E-state index in [0.29, 0.717) is 11.5 Å². The van der Waals surface area contributed by atoms with Crippen LogP contribution in [-0.2, 0) is 4.79 Å². The van der Waals surface area contributed by atoms with Crippen molar-refractivity contribution in [3.63, 3.8) is 0 Å². The Morgan fingerprint density at radius 3 is 2.88 bits per heavy atom. The highest BCUT2D eigenvalue weighted by Gasteiger charge is 2.27. The van der Waals surface area contributed by atoms with E-state index in [4.69, 9.17) is 10.5 Å². The van der Waals surface area contributed by atoms with Gasteiger partial charge in [0.05, 0.1) is 17.2 Å². The van der Waals surface area contributed by atoms with Crippen LogP contribution in [0.2, 0.25) is 0 Å². The molecule has 2 aliphatic rings. The molecule has 1 aromatic carbocycles. The highest BCUT2D eigenvalue weighted by molar-refractivity contribution is 8.18. The van der Waals surface area contributed by atoms with E-state index in [0.717, 1.165) is 54.7 Å². The van der Waals surface area contributed by atoms with Gasteiger partial charge in [0.25, 0.3) is 11.1 Å². The fraction of sp³-hybridized carbons (Fsp3) is 0.412. The lowest BCUT2D eigenvalue weighted by Gasteiger charge is -2.34. The van der Waals surface area contributed by atoms with Crippen LogP contribution in [0.25, 0.3) is 6.08 Å². The van der Waals surface area contributed by atoms with E-state index in [1.807, 2.05) is 25.1 Å². The molecule has 1 unspecified atom stereocenters. The largest absolute Gasteiger partial charge is 0.492 e. The molecule has 0 spiro atoms. The summed E-state index contributed by atoms with van der Waals surface area (Å²) in [6, 6.07) is 5.87. The number of benzene rings is 1. The molecule has 6 nitrogen and oxygen atoms in total. The first kappa shape index (κ1) is 19.6. The molecular formula is C17H22ClN3O3S. The fourth-order valence-electron chi connectivity index (χ4n) is 3.04. The summed E-state index contributed by atoms with van der Waals surface area (Å²) in [5.41, 5.74) is 7.93. The highest BCUT2D eigenvalue weighted by atomic mass is 35.5. The van der Waals surface area contributed by atoms with E-state index in [9.17, 15) is 9.59 Å². The van der Waals surface area contributed by atoms with Crippen LogP contribution >= 0.6 is 24.2 Å². The molecule has 0 aliphatic carbocycles. The maximum Gasteiger partial charge on any atom is 0.290 e. The van der Waals surface area contributed by atoms with E-state index in [2.05, 4.69) is 10.2 Å². The summed E-state index contributed by atoms with van der Waals surface area (Å²) < 4.78 is 5.79. The van der Waals surface area contributed by atoms with Crippen molar-refractivity contribution >= 4 is 47.1 Å². The Morgan fingerprint density at radius 1 is 1.44 bits per heavy atom. The van der Waals surface area contributed by atoms with Crippen LogP contribution in [0.3, 0.4) is 0 Å². The molecule has 0 radical (unpaired) electrons. The van der Waals surface area contributed by atoms with Gasteiger partial charge < -0.3 is 15.4 Å². The molecule has 2 aliphatic heterocycles. The third-order valence-electron chi connectivity index (χ3n) is 4.03. The molecule has 136 valence electrons. The van der Waals surface area contributed by atoms with Crippen LogP contribution in [0.15, 0.2) is 23.1 Å². The standard InChI is InChI=1S/C17H21N3O3S.ClH/c1-2-23-13-7-3-5-11(9-14-16(21)19-17(22)24-14)15(13)20-8-4-6-12(18)10-20;/h3,5,7,9,12H,2,4,6,8,10,18H2,1H3,(H,19,21,22);1H. The zero-order valence-corrected chi connectivity index (χ0v) is 15.6. The van der Waals surface area contributed by atoms with Crippen molar-refractivity contribution in [1.82, 2.24) is 5.32 Å². The number of ether oxygens (including phenoxy) is 1. The summed E-state index contributed by atoms with van der Waals surface area (Å²) in [4.78, 5) is 25.9. The third kappa shape index (κ3) is 4.48. The minimum Gasteiger partial charge on any atom is -0.492 e. The molecule has 25 heavy (non-hydrogen) atoms. The second kappa shape index (κ2) is 8.60. The smallest absolute Gasteiger partial charge is 0.290 e. The van der Waals surface area contributed by atoms with Gasteiger partial charge in [-0.05, 0) is 43.7 Å². The molecule has 2 fully saturated rings. The van der Waals surface area contributed by atoms with Crippen LogP contribution in [0.1, 0.15) is 25.3 Å². The zero-order valence-electron chi connectivity index (χ0n) is 14.0. The number of para-hydroxylation sites is 1. The predicted octanol–water partition coefficient (Wildman–Crippen LogP) is 2.76. The number of carbonyl (C=O) groups excluding carboxylic acids is 2. The Kier molecular flexibility index (Phi) is 6.75. The summed E-state index contributed by atoms with van der Waals surface area (Å²) in [6.07, 6.45) is 3.78. The fourth-order valence-corrected chi connectivity index (χ4v) is 3.71. The Hall–Kier alpha value is -1.70. The number of nitrogens with two attached hydrogens (primary N) is 1. The van der Waals surface area contributed by atoms with Gasteiger partial charge in [-0.15, -0.1) is 12.4 Å². The molecule has 3 rings (SSSR count). The summed E-state index contributed by atoms with van der Waals surface area (Å²) >= 11 is 0.921. The molecule has 1 atom stereocenters. The average Bonchev–Trinajstić information content (AvgIpc) is 2.85. The van der Waals surface area contributed by atoms with Gasteiger partial charge in [0, 0.05) is 24.7 Å². The molecule has 3 N–H and O–H groups in total. The first-order valence-corrected chi connectivity index (χ1v) is 8.91. The van der Waals surface area contributed by atoms with Crippen molar-refractivity contribution in [2.24, 2.45) is 5.73 Å². The Bertz CT molecular complexity index is 696. The quantitative estimate of drug-likeness (QED) is 0.778. The molecule has 1 aromatic rings. The van der Waals surface area contributed by atoms with Gasteiger partial charge in [-0.25, -0.2) is 0 Å². The van der Waals surface area contributed by atoms with Gasteiger partial charge in [0.2, 0.25) is 0 Å². The van der Waals surface area contributed by atoms with Crippen molar-refractivity contribution in [2.45, 2.75) is 25.8 Å². The van der Waals surface area contributed by atoms with Crippen LogP contribution in [-0.4, -0.2) is 36.9 Å². The van der Waals surface area contributed by atoms with E-state index in [1.165, 1.54) is 0 Å². The van der Waals surface area contributed by atoms with Gasteiger partial charge in [-0.3, -0.25) is 14.9 Å². The number of rotatable bonds is 4. The first-order valence-electron chi connectivity index (χ1n) is 8.09. The van der Waals surface area contributed by atoms with E-state index < -0.39 is 0 Å². The number of anilines is 1. The lowest BCUT2D eigenvalue weighted by Crippen LogP contribution is -2.43. The molecule has 2 saturated heterocycles. The molecular weight excluding hydrogens is 362 g/mol. The average molecular weight is 384 g/mol. The number of carbonyl (C=O) groups is 2. The minimum atomic E-state index is -0.354. The monoisotopic (exact) mass is 383 g/mol. The zero-order chi connectivity index (χ0) is 17.1. The third-order valence-corrected chi connectivity index (χ3v) is 4.84. The number of piperidine rings is 1. The molecule has 8 heteroatoms. The summed E-state index contributed by atoms with van der Waals surface area (Å²) in [5, 5.41) is 1.95. The second-order valence-electron chi connectivity index (χ2n) is 5.83. The number of nitrogens with zero attached hydrogens (tertiary/aromatic N) is 1. The highest BCUT2D eigenvalue weighted by Crippen LogP contribution is 2.37. The van der Waals surface area contributed by atoms with Crippen molar-refractivity contribution in [3.05, 3.63) is 28.7 Å². The number of imide groups is 1. The normalized spacial score (nSPS) is 21.9. The van der Waals surface area contributed by atoms with Crippen LogP contribution in [0.5, 0.6) is 5.75 Å². The molecule has 0 aromatic heterocycles. The SMILES string of the molecule is CCOc1cccc(C=C2SC(=O)NC2=O)c1N1CCCC(N)C1.Cl. The maximum absolute atomic E-state index is 11.9. The Morgan fingerprint density at radius 2 is 2.24 bits per heavy atom. The van der Waals surface area contributed by atoms with Crippen LogP contribution in [0.4, 0.5) is 10.5 Å². The Balaban J connectivity index is 0.00000225. The van der Waals surface area contributed by atoms with Gasteiger partial charge in [0.15, 0.2) is 0 Å². The maximum atomic E-state index is 11.9. The van der Waals surface area contributed by atoms with Gasteiger partial charge in [0.1, 0.15) is 5.75 Å². The number of hydrogen-bond donors (Lipinski definition) is 2. The molecule has 2 amide bonds. The number of nitrogens with one attached hydrogen (secondary N) is 1. The Labute approximate surface area is 157 Å². The van der Waals surface area contributed by atoms with Gasteiger partial charge >= 0.3 is 0 Å². The predicted molar refractivity (Wildman–Crippen MR) is 103 cm³/mol. The topological polar surface area (TPSA) is 84.7 Å². The summed E-state index contributed by atoms with van der Waals surface area (Å²) in [7, 11) is 0. The van der Waals surface area contributed by atoms with Crippen LogP contribution in [0, 0.1) is 0 Å². The van der Waals surface area contributed by atoms with Gasteiger partial charge in [-0.1, -0.05) is 12.1 Å².